The quantitative estimate of drug-likeness (QED) is 0.528. The van der Waals surface area contributed by atoms with E-state index in [-0.39, 0.29) is 11.4 Å². The molecule has 0 aliphatic heterocycles. The molecule has 0 radical (unpaired) electrons. The number of rotatable bonds is 5. The number of nitrogens with one attached hydrogen (secondary N) is 2. The number of carbonyl (C=O) groups is 1. The van der Waals surface area contributed by atoms with Gasteiger partial charge in [-0.15, -0.1) is 0 Å². The number of ether oxygens (including phenoxy) is 1. The van der Waals surface area contributed by atoms with Crippen molar-refractivity contribution in [1.82, 2.24) is 9.78 Å². The number of anilines is 2. The van der Waals surface area contributed by atoms with Gasteiger partial charge in [-0.3, -0.25) is 20.1 Å². The van der Waals surface area contributed by atoms with E-state index in [1.54, 1.807) is 17.8 Å². The fourth-order valence-corrected chi connectivity index (χ4v) is 2.57. The predicted molar refractivity (Wildman–Crippen MR) is 101 cm³/mol. The molecule has 0 aliphatic carbocycles. The summed E-state index contributed by atoms with van der Waals surface area (Å²) in [6, 6.07) is 14.8. The highest BCUT2D eigenvalue weighted by Crippen LogP contribution is 2.29. The molecule has 0 spiro atoms. The van der Waals surface area contributed by atoms with Crippen molar-refractivity contribution in [2.75, 3.05) is 17.7 Å². The summed E-state index contributed by atoms with van der Waals surface area (Å²) in [7, 11) is 3.15. The first-order valence-electron chi connectivity index (χ1n) is 7.98. The van der Waals surface area contributed by atoms with Crippen LogP contribution in [0.2, 0.25) is 0 Å². The Morgan fingerprint density at radius 2 is 1.89 bits per heavy atom. The number of hydrogen-bond acceptors (Lipinski definition) is 5. The van der Waals surface area contributed by atoms with Gasteiger partial charge in [-0.2, -0.15) is 5.10 Å². The molecule has 0 saturated carbocycles. The predicted octanol–water partition coefficient (Wildman–Crippen LogP) is 3.65. The normalized spacial score (nSPS) is 10.3. The molecule has 1 aromatic heterocycles. The van der Waals surface area contributed by atoms with Crippen LogP contribution in [0.25, 0.3) is 11.3 Å². The molecule has 9 heteroatoms. The standard InChI is InChI=1S/C18H17N5O4/c1-22-15(12-6-4-3-5-7-12)11-17(21-22)20-18(24)19-14-9-8-13(23(25)26)10-16(14)27-2/h3-11H,1-2H3,(H2,19,20,21,24). The summed E-state index contributed by atoms with van der Waals surface area (Å²) < 4.78 is 6.77. The number of amides is 2. The van der Waals surface area contributed by atoms with E-state index in [0.717, 1.165) is 11.3 Å². The van der Waals surface area contributed by atoms with Gasteiger partial charge in [0.15, 0.2) is 5.82 Å². The van der Waals surface area contributed by atoms with Crippen molar-refractivity contribution in [3.05, 3.63) is 64.7 Å². The number of non-ortho nitro benzene ring substituents is 1. The first-order chi connectivity index (χ1) is 13.0. The van der Waals surface area contributed by atoms with Gasteiger partial charge in [-0.05, 0) is 11.6 Å². The molecule has 0 bridgehead atoms. The minimum absolute atomic E-state index is 0.130. The Hall–Kier alpha value is -3.88. The third-order valence-corrected chi connectivity index (χ3v) is 3.84. The summed E-state index contributed by atoms with van der Waals surface area (Å²) in [5.74, 6) is 0.556. The Bertz CT molecular complexity index is 985. The number of aromatic nitrogens is 2. The maximum absolute atomic E-state index is 12.3. The van der Waals surface area contributed by atoms with Crippen LogP contribution in [0.1, 0.15) is 0 Å². The highest BCUT2D eigenvalue weighted by molar-refractivity contribution is 6.00. The zero-order valence-corrected chi connectivity index (χ0v) is 14.7. The van der Waals surface area contributed by atoms with Crippen molar-refractivity contribution >= 4 is 23.2 Å². The average molecular weight is 367 g/mol. The largest absolute Gasteiger partial charge is 0.494 e. The van der Waals surface area contributed by atoms with E-state index < -0.39 is 11.0 Å². The van der Waals surface area contributed by atoms with Crippen LogP contribution in [0.15, 0.2) is 54.6 Å². The fraction of sp³-hybridized carbons (Fsp3) is 0.111. The molecule has 2 aromatic carbocycles. The molecule has 0 atom stereocenters. The Labute approximate surface area is 154 Å². The lowest BCUT2D eigenvalue weighted by atomic mass is 10.1. The summed E-state index contributed by atoms with van der Waals surface area (Å²) in [5.41, 5.74) is 1.99. The number of nitro groups is 1. The first kappa shape index (κ1) is 17.9. The monoisotopic (exact) mass is 367 g/mol. The number of urea groups is 1. The SMILES string of the molecule is COc1cc([N+](=O)[O-])ccc1NC(=O)Nc1cc(-c2ccccc2)n(C)n1. The Balaban J connectivity index is 1.74. The number of nitro benzene ring substituents is 1. The van der Waals surface area contributed by atoms with E-state index in [1.807, 2.05) is 30.3 Å². The minimum Gasteiger partial charge on any atom is -0.494 e. The van der Waals surface area contributed by atoms with E-state index in [4.69, 9.17) is 4.74 Å². The van der Waals surface area contributed by atoms with Gasteiger partial charge in [0.2, 0.25) is 0 Å². The number of methoxy groups -OCH3 is 1. The number of hydrogen-bond donors (Lipinski definition) is 2. The molecule has 2 amide bonds. The second-order valence-corrected chi connectivity index (χ2v) is 5.63. The number of benzene rings is 2. The van der Waals surface area contributed by atoms with Gasteiger partial charge in [0, 0.05) is 19.2 Å². The van der Waals surface area contributed by atoms with E-state index in [0.29, 0.717) is 11.5 Å². The van der Waals surface area contributed by atoms with Gasteiger partial charge in [0.05, 0.1) is 29.5 Å². The van der Waals surface area contributed by atoms with Crippen LogP contribution in [0.3, 0.4) is 0 Å². The number of aryl methyl sites for hydroxylation is 1. The van der Waals surface area contributed by atoms with E-state index in [1.165, 1.54) is 25.3 Å². The van der Waals surface area contributed by atoms with Crippen LogP contribution >= 0.6 is 0 Å². The van der Waals surface area contributed by atoms with Crippen molar-refractivity contribution in [3.8, 4) is 17.0 Å². The zero-order chi connectivity index (χ0) is 19.4. The second kappa shape index (κ2) is 7.56. The van der Waals surface area contributed by atoms with Gasteiger partial charge in [-0.25, -0.2) is 4.79 Å². The number of nitrogens with zero attached hydrogens (tertiary/aromatic N) is 3. The molecule has 138 valence electrons. The Morgan fingerprint density at radius 1 is 1.15 bits per heavy atom. The smallest absolute Gasteiger partial charge is 0.325 e. The zero-order valence-electron chi connectivity index (χ0n) is 14.7. The van der Waals surface area contributed by atoms with Crippen molar-refractivity contribution in [2.24, 2.45) is 7.05 Å². The second-order valence-electron chi connectivity index (χ2n) is 5.63. The van der Waals surface area contributed by atoms with Crippen molar-refractivity contribution in [2.45, 2.75) is 0 Å². The molecule has 0 unspecified atom stereocenters. The highest BCUT2D eigenvalue weighted by atomic mass is 16.6. The Morgan fingerprint density at radius 3 is 2.56 bits per heavy atom. The maximum atomic E-state index is 12.3. The summed E-state index contributed by atoms with van der Waals surface area (Å²) in [5, 5.41) is 20.3. The van der Waals surface area contributed by atoms with Crippen LogP contribution in [0, 0.1) is 10.1 Å². The summed E-state index contributed by atoms with van der Waals surface area (Å²) in [4.78, 5) is 22.6. The van der Waals surface area contributed by atoms with Crippen LogP contribution in [-0.2, 0) is 7.05 Å². The van der Waals surface area contributed by atoms with Crippen molar-refractivity contribution < 1.29 is 14.5 Å². The molecule has 2 N–H and O–H groups in total. The van der Waals surface area contributed by atoms with Gasteiger partial charge in [0.25, 0.3) is 5.69 Å². The molecule has 0 fully saturated rings. The van der Waals surface area contributed by atoms with Crippen LogP contribution in [0.5, 0.6) is 5.75 Å². The molecule has 0 aliphatic rings. The molecule has 9 nitrogen and oxygen atoms in total. The molecule has 3 rings (SSSR count). The van der Waals surface area contributed by atoms with Crippen molar-refractivity contribution in [1.29, 1.82) is 0 Å². The van der Waals surface area contributed by atoms with Crippen LogP contribution in [-0.4, -0.2) is 27.8 Å². The summed E-state index contributed by atoms with van der Waals surface area (Å²) in [6.07, 6.45) is 0. The summed E-state index contributed by atoms with van der Waals surface area (Å²) >= 11 is 0. The Kier molecular flexibility index (Phi) is 5.02. The van der Waals surface area contributed by atoms with Gasteiger partial charge in [0.1, 0.15) is 5.75 Å². The molecule has 27 heavy (non-hydrogen) atoms. The van der Waals surface area contributed by atoms with E-state index in [2.05, 4.69) is 15.7 Å². The minimum atomic E-state index is -0.542. The molecular formula is C18H17N5O4. The maximum Gasteiger partial charge on any atom is 0.325 e. The molecule has 0 saturated heterocycles. The van der Waals surface area contributed by atoms with Crippen LogP contribution < -0.4 is 15.4 Å². The lowest BCUT2D eigenvalue weighted by Gasteiger charge is -2.10. The van der Waals surface area contributed by atoms with E-state index in [9.17, 15) is 14.9 Å². The molecule has 1 heterocycles. The molecular weight excluding hydrogens is 350 g/mol. The van der Waals surface area contributed by atoms with Crippen molar-refractivity contribution in [3.63, 3.8) is 0 Å². The van der Waals surface area contributed by atoms with Gasteiger partial charge in [-0.1, -0.05) is 30.3 Å². The average Bonchev–Trinajstić information content (AvgIpc) is 3.02. The highest BCUT2D eigenvalue weighted by Gasteiger charge is 2.15. The molecule has 3 aromatic rings. The summed E-state index contributed by atoms with van der Waals surface area (Å²) in [6.45, 7) is 0. The third kappa shape index (κ3) is 4.03. The van der Waals surface area contributed by atoms with E-state index >= 15 is 0 Å². The van der Waals surface area contributed by atoms with Gasteiger partial charge >= 0.3 is 6.03 Å². The fourth-order valence-electron chi connectivity index (χ4n) is 2.57. The topological polar surface area (TPSA) is 111 Å². The number of carbonyl (C=O) groups excluding carboxylic acids is 1. The first-order valence-corrected chi connectivity index (χ1v) is 7.98. The lowest BCUT2D eigenvalue weighted by Crippen LogP contribution is -2.20. The third-order valence-electron chi connectivity index (χ3n) is 3.84. The van der Waals surface area contributed by atoms with Gasteiger partial charge < -0.3 is 10.1 Å². The lowest BCUT2D eigenvalue weighted by molar-refractivity contribution is -0.384. The van der Waals surface area contributed by atoms with Crippen LogP contribution in [0.4, 0.5) is 22.0 Å².